The number of halogens is 1. The first-order valence-corrected chi connectivity index (χ1v) is 8.74. The zero-order valence-electron chi connectivity index (χ0n) is 14.5. The lowest BCUT2D eigenvalue weighted by Crippen LogP contribution is -2.35. The highest BCUT2D eigenvalue weighted by molar-refractivity contribution is 6.33. The Hall–Kier alpha value is -2.78. The summed E-state index contributed by atoms with van der Waals surface area (Å²) in [6.45, 7) is 2.63. The van der Waals surface area contributed by atoms with Crippen LogP contribution in [0.2, 0.25) is 5.02 Å². The molecule has 1 amide bonds. The number of ether oxygens (including phenoxy) is 1. The topological polar surface area (TPSA) is 69.5 Å². The van der Waals surface area contributed by atoms with Crippen molar-refractivity contribution in [3.8, 4) is 11.8 Å². The van der Waals surface area contributed by atoms with Gasteiger partial charge in [0.25, 0.3) is 5.91 Å². The number of carbonyl (C=O) groups excluding carboxylic acids is 1. The van der Waals surface area contributed by atoms with E-state index in [1.165, 1.54) is 6.20 Å². The number of benzene rings is 1. The number of rotatable bonds is 3. The Balaban J connectivity index is 1.72. The van der Waals surface area contributed by atoms with Crippen LogP contribution in [0.25, 0.3) is 0 Å². The molecule has 3 rings (SSSR count). The van der Waals surface area contributed by atoms with Crippen molar-refractivity contribution in [3.05, 3.63) is 52.7 Å². The molecule has 0 atom stereocenters. The van der Waals surface area contributed by atoms with Crippen molar-refractivity contribution in [2.75, 3.05) is 38.2 Å². The summed E-state index contributed by atoms with van der Waals surface area (Å²) in [6.07, 6.45) is 2.33. The van der Waals surface area contributed by atoms with Crippen molar-refractivity contribution in [3.63, 3.8) is 0 Å². The van der Waals surface area contributed by atoms with E-state index in [-0.39, 0.29) is 5.91 Å². The lowest BCUT2D eigenvalue weighted by atomic mass is 10.2. The van der Waals surface area contributed by atoms with Gasteiger partial charge in [-0.1, -0.05) is 17.7 Å². The van der Waals surface area contributed by atoms with Gasteiger partial charge in [0, 0.05) is 37.9 Å². The third kappa shape index (κ3) is 3.89. The van der Waals surface area contributed by atoms with Gasteiger partial charge in [-0.05, 0) is 30.7 Å². The number of nitrogens with zero attached hydrogens (tertiary/aromatic N) is 4. The van der Waals surface area contributed by atoms with Crippen molar-refractivity contribution >= 4 is 23.3 Å². The van der Waals surface area contributed by atoms with Gasteiger partial charge in [-0.2, -0.15) is 5.26 Å². The molecule has 6 nitrogen and oxygen atoms in total. The van der Waals surface area contributed by atoms with Crippen LogP contribution in [-0.4, -0.2) is 49.1 Å². The molecular formula is C19H19ClN4O2. The van der Waals surface area contributed by atoms with Crippen LogP contribution < -0.4 is 9.64 Å². The Morgan fingerprint density at radius 3 is 2.85 bits per heavy atom. The molecule has 0 saturated carbocycles. The molecule has 7 heteroatoms. The standard InChI is InChI=1S/C19H19ClN4O2/c1-26-16-5-2-4-15(11-16)19(25)24-7-3-6-23(8-9-24)18-17(20)10-14(12-21)13-22-18/h2,4-5,10-11,13H,3,6-9H2,1H3. The van der Waals surface area contributed by atoms with E-state index in [0.29, 0.717) is 47.4 Å². The molecule has 0 N–H and O–H groups in total. The minimum absolute atomic E-state index is 0.00960. The van der Waals surface area contributed by atoms with Crippen molar-refractivity contribution in [1.82, 2.24) is 9.88 Å². The third-order valence-corrected chi connectivity index (χ3v) is 4.63. The molecule has 0 unspecified atom stereocenters. The van der Waals surface area contributed by atoms with Crippen LogP contribution in [0.4, 0.5) is 5.82 Å². The Bertz CT molecular complexity index is 850. The lowest BCUT2D eigenvalue weighted by molar-refractivity contribution is 0.0766. The lowest BCUT2D eigenvalue weighted by Gasteiger charge is -2.23. The van der Waals surface area contributed by atoms with Crippen LogP contribution in [0.5, 0.6) is 5.75 Å². The second-order valence-corrected chi connectivity index (χ2v) is 6.41. The largest absolute Gasteiger partial charge is 0.497 e. The van der Waals surface area contributed by atoms with E-state index in [9.17, 15) is 4.79 Å². The molecule has 1 aromatic heterocycles. The molecule has 0 aliphatic carbocycles. The van der Waals surface area contributed by atoms with E-state index < -0.39 is 0 Å². The number of hydrogen-bond donors (Lipinski definition) is 0. The van der Waals surface area contributed by atoms with E-state index >= 15 is 0 Å². The third-order valence-electron chi connectivity index (χ3n) is 4.35. The monoisotopic (exact) mass is 370 g/mol. The second-order valence-electron chi connectivity index (χ2n) is 6.01. The molecule has 0 spiro atoms. The summed E-state index contributed by atoms with van der Waals surface area (Å²) in [5.41, 5.74) is 1.05. The van der Waals surface area contributed by atoms with Gasteiger partial charge < -0.3 is 14.5 Å². The number of carbonyl (C=O) groups is 1. The number of methoxy groups -OCH3 is 1. The normalized spacial score (nSPS) is 14.5. The number of nitriles is 1. The predicted octanol–water partition coefficient (Wildman–Crippen LogP) is 2.97. The average Bonchev–Trinajstić information content (AvgIpc) is 2.93. The average molecular weight is 371 g/mol. The Morgan fingerprint density at radius 2 is 2.12 bits per heavy atom. The maximum absolute atomic E-state index is 12.8. The minimum Gasteiger partial charge on any atom is -0.497 e. The van der Waals surface area contributed by atoms with Gasteiger partial charge in [0.2, 0.25) is 0 Å². The van der Waals surface area contributed by atoms with Crippen LogP contribution in [0.15, 0.2) is 36.5 Å². The summed E-state index contributed by atoms with van der Waals surface area (Å²) in [5, 5.41) is 9.39. The number of amides is 1. The summed E-state index contributed by atoms with van der Waals surface area (Å²) in [5.74, 6) is 1.31. The van der Waals surface area contributed by atoms with Crippen LogP contribution in [0.1, 0.15) is 22.3 Å². The first-order chi connectivity index (χ1) is 12.6. The first-order valence-electron chi connectivity index (χ1n) is 8.36. The molecule has 1 aliphatic rings. The second kappa shape index (κ2) is 8.07. The van der Waals surface area contributed by atoms with Gasteiger partial charge in [-0.15, -0.1) is 0 Å². The molecular weight excluding hydrogens is 352 g/mol. The predicted molar refractivity (Wildman–Crippen MR) is 99.7 cm³/mol. The fourth-order valence-electron chi connectivity index (χ4n) is 3.00. The fourth-order valence-corrected chi connectivity index (χ4v) is 3.28. The molecule has 1 aliphatic heterocycles. The molecule has 26 heavy (non-hydrogen) atoms. The molecule has 1 saturated heterocycles. The van der Waals surface area contributed by atoms with E-state index in [0.717, 1.165) is 13.0 Å². The molecule has 2 aromatic rings. The summed E-state index contributed by atoms with van der Waals surface area (Å²) in [7, 11) is 1.59. The number of hydrogen-bond acceptors (Lipinski definition) is 5. The maximum Gasteiger partial charge on any atom is 0.254 e. The Morgan fingerprint density at radius 1 is 1.27 bits per heavy atom. The van der Waals surface area contributed by atoms with Gasteiger partial charge in [-0.3, -0.25) is 4.79 Å². The zero-order valence-corrected chi connectivity index (χ0v) is 15.2. The van der Waals surface area contributed by atoms with Gasteiger partial charge in [-0.25, -0.2) is 4.98 Å². The smallest absolute Gasteiger partial charge is 0.254 e. The van der Waals surface area contributed by atoms with Crippen molar-refractivity contribution < 1.29 is 9.53 Å². The van der Waals surface area contributed by atoms with E-state index in [1.54, 1.807) is 25.3 Å². The van der Waals surface area contributed by atoms with Gasteiger partial charge >= 0.3 is 0 Å². The Kier molecular flexibility index (Phi) is 5.59. The quantitative estimate of drug-likeness (QED) is 0.830. The van der Waals surface area contributed by atoms with E-state index in [2.05, 4.69) is 9.88 Å². The Labute approximate surface area is 157 Å². The van der Waals surface area contributed by atoms with Gasteiger partial charge in [0.1, 0.15) is 17.6 Å². The number of aromatic nitrogens is 1. The highest BCUT2D eigenvalue weighted by atomic mass is 35.5. The molecule has 0 radical (unpaired) electrons. The minimum atomic E-state index is -0.00960. The van der Waals surface area contributed by atoms with Gasteiger partial charge in [0.15, 0.2) is 0 Å². The van der Waals surface area contributed by atoms with Crippen LogP contribution >= 0.6 is 11.6 Å². The first kappa shape index (κ1) is 18.0. The van der Waals surface area contributed by atoms with Crippen LogP contribution in [-0.2, 0) is 0 Å². The van der Waals surface area contributed by atoms with E-state index in [4.69, 9.17) is 21.6 Å². The van der Waals surface area contributed by atoms with Gasteiger partial charge in [0.05, 0.1) is 17.7 Å². The van der Waals surface area contributed by atoms with Crippen molar-refractivity contribution in [1.29, 1.82) is 5.26 Å². The highest BCUT2D eigenvalue weighted by Gasteiger charge is 2.22. The number of pyridine rings is 1. The zero-order chi connectivity index (χ0) is 18.5. The molecule has 2 heterocycles. The van der Waals surface area contributed by atoms with Crippen LogP contribution in [0.3, 0.4) is 0 Å². The highest BCUT2D eigenvalue weighted by Crippen LogP contribution is 2.25. The summed E-state index contributed by atoms with van der Waals surface area (Å²) in [6, 6.07) is 10.8. The fraction of sp³-hybridized carbons (Fsp3) is 0.316. The number of anilines is 1. The molecule has 1 fully saturated rings. The SMILES string of the molecule is COc1cccc(C(=O)N2CCCN(c3ncc(C#N)cc3Cl)CC2)c1. The molecule has 1 aromatic carbocycles. The molecule has 134 valence electrons. The van der Waals surface area contributed by atoms with E-state index in [1.807, 2.05) is 23.1 Å². The summed E-state index contributed by atoms with van der Waals surface area (Å²) < 4.78 is 5.20. The maximum atomic E-state index is 12.8. The van der Waals surface area contributed by atoms with Crippen molar-refractivity contribution in [2.24, 2.45) is 0 Å². The molecule has 0 bridgehead atoms. The summed E-state index contributed by atoms with van der Waals surface area (Å²) >= 11 is 6.27. The van der Waals surface area contributed by atoms with Crippen LogP contribution in [0, 0.1) is 11.3 Å². The van der Waals surface area contributed by atoms with Crippen molar-refractivity contribution in [2.45, 2.75) is 6.42 Å². The summed E-state index contributed by atoms with van der Waals surface area (Å²) in [4.78, 5) is 21.0.